The van der Waals surface area contributed by atoms with E-state index in [4.69, 9.17) is 0 Å². The van der Waals surface area contributed by atoms with E-state index >= 15 is 0 Å². The second-order valence-corrected chi connectivity index (χ2v) is 21.2. The molecule has 0 aliphatic rings. The van der Waals surface area contributed by atoms with Crippen molar-refractivity contribution in [2.75, 3.05) is 0 Å². The minimum Gasteiger partial charge on any atom is -0.0622 e. The van der Waals surface area contributed by atoms with Gasteiger partial charge in [0.15, 0.2) is 0 Å². The molecule has 74 heavy (non-hydrogen) atoms. The van der Waals surface area contributed by atoms with Crippen LogP contribution in [0.5, 0.6) is 0 Å². The SMILES string of the molecule is Cc1cc(C)c(C)c(C)c1.Cc1cc(C)c(C)c(C)c1C.Cc1ccc(-c2ccccc2)cc1.Cc1ccc(C(C)(C)C)cc1.Cc1ccc(C)c(C)c1.Cc1cccc(-c2ccccc2)c1.Cc1ccccc1. The molecule has 0 fully saturated rings. The summed E-state index contributed by atoms with van der Waals surface area (Å²) in [6.07, 6.45) is 0. The molecule has 0 nitrogen and oxygen atoms in total. The summed E-state index contributed by atoms with van der Waals surface area (Å²) in [5.41, 5.74) is 28.9. The lowest BCUT2D eigenvalue weighted by Crippen LogP contribution is -2.10. The van der Waals surface area contributed by atoms with Crippen LogP contribution in [0.15, 0.2) is 200 Å². The van der Waals surface area contributed by atoms with Gasteiger partial charge < -0.3 is 0 Å². The smallest absolute Gasteiger partial charge is 0.0132 e. The minimum atomic E-state index is 0.285. The average molecular weight is 980 g/mol. The highest BCUT2D eigenvalue weighted by atomic mass is 14.2. The first kappa shape index (κ1) is 61.3. The van der Waals surface area contributed by atoms with E-state index in [0.717, 1.165) is 0 Å². The predicted molar refractivity (Wildman–Crippen MR) is 330 cm³/mol. The molecule has 9 aromatic carbocycles. The highest BCUT2D eigenvalue weighted by Crippen LogP contribution is 2.23. The Morgan fingerprint density at radius 2 is 0.541 bits per heavy atom. The van der Waals surface area contributed by atoms with E-state index in [9.17, 15) is 0 Å². The van der Waals surface area contributed by atoms with Gasteiger partial charge in [0.25, 0.3) is 0 Å². The van der Waals surface area contributed by atoms with Crippen molar-refractivity contribution in [3.8, 4) is 22.3 Å². The van der Waals surface area contributed by atoms with Crippen LogP contribution in [0, 0.1) is 111 Å². The summed E-state index contributed by atoms with van der Waals surface area (Å²) in [5, 5.41) is 0. The number of rotatable bonds is 2. The highest BCUT2D eigenvalue weighted by molar-refractivity contribution is 5.64. The van der Waals surface area contributed by atoms with Gasteiger partial charge in [-0.15, -0.1) is 0 Å². The molecular weight excluding hydrogens is 889 g/mol. The molecule has 0 heteroatoms. The molecule has 0 saturated carbocycles. The summed E-state index contributed by atoms with van der Waals surface area (Å²) in [5.74, 6) is 0. The summed E-state index contributed by atoms with van der Waals surface area (Å²) in [4.78, 5) is 0. The molecule has 0 aromatic heterocycles. The first-order chi connectivity index (χ1) is 35.0. The third kappa shape index (κ3) is 22.0. The van der Waals surface area contributed by atoms with E-state index in [1.54, 1.807) is 0 Å². The van der Waals surface area contributed by atoms with Gasteiger partial charge in [-0.3, -0.25) is 0 Å². The number of aryl methyl sites for hydroxylation is 12. The lowest BCUT2D eigenvalue weighted by atomic mass is 9.87. The van der Waals surface area contributed by atoms with Crippen LogP contribution < -0.4 is 0 Å². The lowest BCUT2D eigenvalue weighted by Gasteiger charge is -2.18. The molecule has 9 rings (SSSR count). The van der Waals surface area contributed by atoms with Crippen molar-refractivity contribution in [1.82, 2.24) is 0 Å². The van der Waals surface area contributed by atoms with Gasteiger partial charge in [0.05, 0.1) is 0 Å². The third-order valence-corrected chi connectivity index (χ3v) is 13.6. The zero-order valence-corrected chi connectivity index (χ0v) is 49.1. The quantitative estimate of drug-likeness (QED) is 0.162. The number of hydrogen-bond donors (Lipinski definition) is 0. The minimum absolute atomic E-state index is 0.285. The zero-order valence-electron chi connectivity index (χ0n) is 49.1. The Morgan fingerprint density at radius 1 is 0.203 bits per heavy atom. The summed E-state index contributed by atoms with van der Waals surface area (Å²) in [7, 11) is 0. The fraction of sp³-hybridized carbons (Fsp3) is 0.270. The Kier molecular flexibility index (Phi) is 25.6. The predicted octanol–water partition coefficient (Wildman–Crippen LogP) is 21.4. The van der Waals surface area contributed by atoms with Crippen molar-refractivity contribution in [2.24, 2.45) is 0 Å². The Hall–Kier alpha value is -7.02. The zero-order chi connectivity index (χ0) is 55.0. The van der Waals surface area contributed by atoms with Crippen molar-refractivity contribution in [1.29, 1.82) is 0 Å². The van der Waals surface area contributed by atoms with Gasteiger partial charge in [-0.1, -0.05) is 254 Å². The molecule has 0 saturated heterocycles. The van der Waals surface area contributed by atoms with Crippen LogP contribution in [0.25, 0.3) is 22.3 Å². The van der Waals surface area contributed by atoms with Crippen molar-refractivity contribution in [2.45, 2.75) is 137 Å². The second-order valence-electron chi connectivity index (χ2n) is 21.2. The molecule has 9 aromatic rings. The molecule has 386 valence electrons. The fourth-order valence-corrected chi connectivity index (χ4v) is 7.98. The van der Waals surface area contributed by atoms with Crippen molar-refractivity contribution in [3.63, 3.8) is 0 Å². The first-order valence-corrected chi connectivity index (χ1v) is 26.4. The highest BCUT2D eigenvalue weighted by Gasteiger charge is 2.12. The molecule has 0 heterocycles. The fourth-order valence-electron chi connectivity index (χ4n) is 7.98. The van der Waals surface area contributed by atoms with Crippen LogP contribution in [0.3, 0.4) is 0 Å². The van der Waals surface area contributed by atoms with Crippen molar-refractivity contribution < 1.29 is 0 Å². The standard InChI is InChI=1S/2C13H12.2C11H16.C10H14.C9H12.C7H8/c1-11-6-5-9-13(10-11)12-7-3-2-4-8-12;1-11-7-9-13(10-8-11)12-5-3-2-4-6-12;1-9-5-7-10(8-6-9)11(2,3)4;1-7-6-8(2)10(4)11(5)9(7)3;1-7-5-8(2)10(4)9(3)6-7;1-7-4-5-8(2)9(3)6-7;1-7-5-3-2-4-6-7/h2*2-10H,1H3;5-8H,1-4H3;6H,1-5H3;5-6H,1-4H3;4-6H,1-3H3;2-6H,1H3. The van der Waals surface area contributed by atoms with Gasteiger partial charge >= 0.3 is 0 Å². The normalized spacial score (nSPS) is 10.1. The van der Waals surface area contributed by atoms with Crippen LogP contribution in [0.4, 0.5) is 0 Å². The van der Waals surface area contributed by atoms with Crippen molar-refractivity contribution in [3.05, 3.63) is 295 Å². The van der Waals surface area contributed by atoms with Crippen LogP contribution in [-0.4, -0.2) is 0 Å². The molecule has 0 N–H and O–H groups in total. The summed E-state index contributed by atoms with van der Waals surface area (Å²) >= 11 is 0. The molecule has 0 atom stereocenters. The van der Waals surface area contributed by atoms with E-state index in [0.29, 0.717) is 0 Å². The van der Waals surface area contributed by atoms with Gasteiger partial charge in [0, 0.05) is 0 Å². The van der Waals surface area contributed by atoms with Crippen molar-refractivity contribution >= 4 is 0 Å². The Bertz CT molecular complexity index is 2970. The van der Waals surface area contributed by atoms with Gasteiger partial charge in [-0.2, -0.15) is 0 Å². The maximum atomic E-state index is 2.26. The summed E-state index contributed by atoms with van der Waals surface area (Å²) < 4.78 is 0. The Balaban J connectivity index is 0.000000229. The van der Waals surface area contributed by atoms with Gasteiger partial charge in [-0.25, -0.2) is 0 Å². The first-order valence-electron chi connectivity index (χ1n) is 26.4. The van der Waals surface area contributed by atoms with Gasteiger partial charge in [0.1, 0.15) is 0 Å². The summed E-state index contributed by atoms with van der Waals surface area (Å²) in [6.45, 7) is 41.1. The monoisotopic (exact) mass is 979 g/mol. The maximum absolute atomic E-state index is 2.26. The lowest BCUT2D eigenvalue weighted by molar-refractivity contribution is 0.590. The van der Waals surface area contributed by atoms with E-state index in [-0.39, 0.29) is 5.41 Å². The molecule has 0 aliphatic carbocycles. The molecule has 0 amide bonds. The topological polar surface area (TPSA) is 0 Å². The number of benzene rings is 9. The molecule has 0 unspecified atom stereocenters. The third-order valence-electron chi connectivity index (χ3n) is 13.6. The van der Waals surface area contributed by atoms with E-state index < -0.39 is 0 Å². The Labute approximate surface area is 451 Å². The molecule has 0 radical (unpaired) electrons. The number of hydrogen-bond acceptors (Lipinski definition) is 0. The van der Waals surface area contributed by atoms with Crippen LogP contribution in [0.1, 0.15) is 115 Å². The largest absolute Gasteiger partial charge is 0.0622 e. The molecule has 0 bridgehead atoms. The van der Waals surface area contributed by atoms with Crippen LogP contribution >= 0.6 is 0 Å². The maximum Gasteiger partial charge on any atom is -0.0132 e. The van der Waals surface area contributed by atoms with Crippen LogP contribution in [-0.2, 0) is 5.41 Å². The average Bonchev–Trinajstić information content (AvgIpc) is 3.37. The van der Waals surface area contributed by atoms with Crippen LogP contribution in [0.2, 0.25) is 0 Å². The second kappa shape index (κ2) is 30.9. The summed E-state index contributed by atoms with van der Waals surface area (Å²) in [6, 6.07) is 70.2. The van der Waals surface area contributed by atoms with E-state index in [1.807, 2.05) is 30.3 Å². The molecule has 0 spiro atoms. The van der Waals surface area contributed by atoms with Gasteiger partial charge in [-0.05, 0) is 200 Å². The molecular formula is C74H90. The van der Waals surface area contributed by atoms with E-state index in [2.05, 4.69) is 301 Å². The van der Waals surface area contributed by atoms with Gasteiger partial charge in [0.2, 0.25) is 0 Å². The Morgan fingerprint density at radius 3 is 0.946 bits per heavy atom. The molecule has 0 aliphatic heterocycles. The van der Waals surface area contributed by atoms with E-state index in [1.165, 1.54) is 117 Å².